The molecule has 18 heavy (non-hydrogen) atoms. The van der Waals surface area contributed by atoms with Crippen molar-refractivity contribution in [3.63, 3.8) is 0 Å². The number of ether oxygens (including phenoxy) is 1. The minimum absolute atomic E-state index is 0.560. The van der Waals surface area contributed by atoms with Crippen LogP contribution < -0.4 is 10.1 Å². The summed E-state index contributed by atoms with van der Waals surface area (Å²) in [6.07, 6.45) is 1.80. The summed E-state index contributed by atoms with van der Waals surface area (Å²) in [5.41, 5.74) is 2.32. The number of rotatable bonds is 5. The van der Waals surface area contributed by atoms with Gasteiger partial charge in [-0.2, -0.15) is 0 Å². The van der Waals surface area contributed by atoms with Crippen LogP contribution in [-0.4, -0.2) is 11.5 Å². The second-order valence-corrected chi connectivity index (χ2v) is 4.18. The number of nitrogens with one attached hydrogen (secondary N) is 1. The van der Waals surface area contributed by atoms with Crippen LogP contribution in [0, 0.1) is 6.92 Å². The quantitative estimate of drug-likeness (QED) is 0.872. The molecule has 0 spiro atoms. The summed E-state index contributed by atoms with van der Waals surface area (Å²) in [6.45, 7) is 5.54. The molecule has 1 aromatic heterocycles. The molecule has 0 aliphatic heterocycles. The van der Waals surface area contributed by atoms with Crippen molar-refractivity contribution in [2.75, 3.05) is 11.9 Å². The number of hydrogen-bond acceptors (Lipinski definition) is 3. The molecular weight excluding hydrogens is 224 g/mol. The highest BCUT2D eigenvalue weighted by atomic mass is 16.5. The maximum atomic E-state index is 5.75. The topological polar surface area (TPSA) is 34.1 Å². The Kier molecular flexibility index (Phi) is 4.18. The number of nitrogens with zero attached hydrogens (tertiary/aromatic N) is 1. The van der Waals surface area contributed by atoms with E-state index in [1.54, 1.807) is 6.20 Å². The van der Waals surface area contributed by atoms with Crippen LogP contribution in [0.2, 0.25) is 0 Å². The molecule has 0 aliphatic rings. The minimum Gasteiger partial charge on any atom is -0.489 e. The second-order valence-electron chi connectivity index (χ2n) is 4.18. The van der Waals surface area contributed by atoms with Gasteiger partial charge in [0.25, 0.3) is 0 Å². The Labute approximate surface area is 108 Å². The number of benzene rings is 1. The molecular formula is C15H18N2O. The van der Waals surface area contributed by atoms with E-state index in [-0.39, 0.29) is 0 Å². The van der Waals surface area contributed by atoms with Crippen molar-refractivity contribution in [1.82, 2.24) is 4.98 Å². The number of anilines is 1. The molecule has 94 valence electrons. The summed E-state index contributed by atoms with van der Waals surface area (Å²) in [5, 5.41) is 3.19. The van der Waals surface area contributed by atoms with Crippen LogP contribution in [0.25, 0.3) is 0 Å². The third-order valence-corrected chi connectivity index (χ3v) is 2.58. The van der Waals surface area contributed by atoms with E-state index in [0.29, 0.717) is 6.61 Å². The lowest BCUT2D eigenvalue weighted by Crippen LogP contribution is -2.01. The molecule has 0 fully saturated rings. The molecule has 2 aromatic rings. The summed E-state index contributed by atoms with van der Waals surface area (Å²) in [4.78, 5) is 4.23. The normalized spacial score (nSPS) is 10.1. The van der Waals surface area contributed by atoms with Crippen molar-refractivity contribution in [3.8, 4) is 5.75 Å². The molecule has 2 rings (SSSR count). The first-order chi connectivity index (χ1) is 8.78. The molecule has 0 unspecified atom stereocenters. The highest BCUT2D eigenvalue weighted by Crippen LogP contribution is 2.15. The van der Waals surface area contributed by atoms with Crippen LogP contribution in [0.3, 0.4) is 0 Å². The van der Waals surface area contributed by atoms with Gasteiger partial charge in [-0.3, -0.25) is 0 Å². The van der Waals surface area contributed by atoms with Gasteiger partial charge in [0, 0.05) is 12.7 Å². The minimum atomic E-state index is 0.560. The van der Waals surface area contributed by atoms with E-state index in [1.807, 2.05) is 30.3 Å². The lowest BCUT2D eigenvalue weighted by atomic mass is 10.2. The average Bonchev–Trinajstić information content (AvgIpc) is 2.37. The Morgan fingerprint density at radius 3 is 2.89 bits per heavy atom. The molecule has 1 heterocycles. The first kappa shape index (κ1) is 12.4. The fourth-order valence-electron chi connectivity index (χ4n) is 1.71. The predicted molar refractivity (Wildman–Crippen MR) is 73.9 cm³/mol. The van der Waals surface area contributed by atoms with Crippen LogP contribution in [0.1, 0.15) is 18.1 Å². The van der Waals surface area contributed by atoms with Gasteiger partial charge in [-0.05, 0) is 49.2 Å². The molecule has 0 aliphatic carbocycles. The molecule has 0 bridgehead atoms. The molecule has 0 saturated heterocycles. The van der Waals surface area contributed by atoms with Gasteiger partial charge in [0.05, 0.1) is 0 Å². The second kappa shape index (κ2) is 6.05. The molecule has 1 aromatic carbocycles. The van der Waals surface area contributed by atoms with Gasteiger partial charge >= 0.3 is 0 Å². The van der Waals surface area contributed by atoms with Crippen molar-refractivity contribution < 1.29 is 4.74 Å². The summed E-state index contributed by atoms with van der Waals surface area (Å²) < 4.78 is 5.75. The van der Waals surface area contributed by atoms with Crippen molar-refractivity contribution in [1.29, 1.82) is 0 Å². The monoisotopic (exact) mass is 242 g/mol. The van der Waals surface area contributed by atoms with Crippen molar-refractivity contribution in [2.45, 2.75) is 20.5 Å². The van der Waals surface area contributed by atoms with E-state index >= 15 is 0 Å². The van der Waals surface area contributed by atoms with Crippen LogP contribution in [0.5, 0.6) is 5.75 Å². The number of hydrogen-bond donors (Lipinski definition) is 1. The first-order valence-electron chi connectivity index (χ1n) is 6.16. The molecule has 0 atom stereocenters. The zero-order valence-electron chi connectivity index (χ0n) is 10.8. The Morgan fingerprint density at radius 1 is 1.22 bits per heavy atom. The van der Waals surface area contributed by atoms with Gasteiger partial charge < -0.3 is 10.1 Å². The third-order valence-electron chi connectivity index (χ3n) is 2.58. The van der Waals surface area contributed by atoms with E-state index in [4.69, 9.17) is 4.74 Å². The number of aryl methyl sites for hydroxylation is 1. The first-order valence-corrected chi connectivity index (χ1v) is 6.16. The van der Waals surface area contributed by atoms with Crippen LogP contribution in [-0.2, 0) is 6.61 Å². The molecule has 3 heteroatoms. The molecule has 1 N–H and O–H groups in total. The summed E-state index contributed by atoms with van der Waals surface area (Å²) in [7, 11) is 0. The van der Waals surface area contributed by atoms with Crippen LogP contribution in [0.15, 0.2) is 42.6 Å². The van der Waals surface area contributed by atoms with E-state index in [2.05, 4.69) is 30.2 Å². The Balaban J connectivity index is 1.99. The fraction of sp³-hybridized carbons (Fsp3) is 0.267. The lowest BCUT2D eigenvalue weighted by Gasteiger charge is -2.08. The van der Waals surface area contributed by atoms with E-state index in [0.717, 1.165) is 23.7 Å². The lowest BCUT2D eigenvalue weighted by molar-refractivity contribution is 0.306. The molecule has 0 amide bonds. The molecule has 3 nitrogen and oxygen atoms in total. The van der Waals surface area contributed by atoms with Gasteiger partial charge in [0.1, 0.15) is 18.2 Å². The van der Waals surface area contributed by atoms with Gasteiger partial charge in [-0.25, -0.2) is 4.98 Å². The number of pyridine rings is 1. The molecule has 0 saturated carbocycles. The third kappa shape index (κ3) is 3.48. The predicted octanol–water partition coefficient (Wildman–Crippen LogP) is 3.40. The smallest absolute Gasteiger partial charge is 0.126 e. The SMILES string of the molecule is CCNc1cc(COc2cccc(C)c2)ccn1. The van der Waals surface area contributed by atoms with Gasteiger partial charge in [-0.15, -0.1) is 0 Å². The highest BCUT2D eigenvalue weighted by Gasteiger charge is 1.98. The van der Waals surface area contributed by atoms with Crippen molar-refractivity contribution >= 4 is 5.82 Å². The zero-order chi connectivity index (χ0) is 12.8. The van der Waals surface area contributed by atoms with Crippen molar-refractivity contribution in [2.24, 2.45) is 0 Å². The van der Waals surface area contributed by atoms with E-state index < -0.39 is 0 Å². The summed E-state index contributed by atoms with van der Waals surface area (Å²) in [6, 6.07) is 12.0. The van der Waals surface area contributed by atoms with Crippen LogP contribution in [0.4, 0.5) is 5.82 Å². The average molecular weight is 242 g/mol. The fourth-order valence-corrected chi connectivity index (χ4v) is 1.71. The Morgan fingerprint density at radius 2 is 2.11 bits per heavy atom. The van der Waals surface area contributed by atoms with E-state index in [1.165, 1.54) is 5.56 Å². The maximum absolute atomic E-state index is 5.75. The van der Waals surface area contributed by atoms with E-state index in [9.17, 15) is 0 Å². The van der Waals surface area contributed by atoms with Gasteiger partial charge in [0.15, 0.2) is 0 Å². The Bertz CT molecular complexity index is 511. The maximum Gasteiger partial charge on any atom is 0.126 e. The largest absolute Gasteiger partial charge is 0.489 e. The summed E-state index contributed by atoms with van der Waals surface area (Å²) >= 11 is 0. The molecule has 0 radical (unpaired) electrons. The summed E-state index contributed by atoms with van der Waals surface area (Å²) in [5.74, 6) is 1.79. The van der Waals surface area contributed by atoms with Crippen molar-refractivity contribution in [3.05, 3.63) is 53.7 Å². The zero-order valence-corrected chi connectivity index (χ0v) is 10.8. The van der Waals surface area contributed by atoms with Gasteiger partial charge in [0.2, 0.25) is 0 Å². The van der Waals surface area contributed by atoms with Crippen LogP contribution >= 0.6 is 0 Å². The highest BCUT2D eigenvalue weighted by molar-refractivity contribution is 5.37. The number of aromatic nitrogens is 1. The standard InChI is InChI=1S/C15H18N2O/c1-3-16-15-10-13(7-8-17-15)11-18-14-6-4-5-12(2)9-14/h4-10H,3,11H2,1-2H3,(H,16,17). The Hall–Kier alpha value is -2.03. The van der Waals surface area contributed by atoms with Gasteiger partial charge in [-0.1, -0.05) is 12.1 Å².